The van der Waals surface area contributed by atoms with Crippen LogP contribution in [0, 0.1) is 6.92 Å². The minimum Gasteiger partial charge on any atom is -0.353 e. The molecule has 1 N–H and O–H groups in total. The summed E-state index contributed by atoms with van der Waals surface area (Å²) in [5.74, 6) is 1.70. The lowest BCUT2D eigenvalue weighted by molar-refractivity contribution is 0.184. The Morgan fingerprint density at radius 1 is 1.07 bits per heavy atom. The van der Waals surface area contributed by atoms with Crippen molar-refractivity contribution in [3.05, 3.63) is 53.7 Å². The first-order chi connectivity index (χ1) is 13.6. The van der Waals surface area contributed by atoms with Gasteiger partial charge in [0.2, 0.25) is 0 Å². The van der Waals surface area contributed by atoms with Crippen molar-refractivity contribution in [2.24, 2.45) is 0 Å². The van der Waals surface area contributed by atoms with Crippen molar-refractivity contribution < 1.29 is 4.79 Å². The Balaban J connectivity index is 1.35. The second-order valence-corrected chi connectivity index (χ2v) is 8.16. The predicted octanol–water partition coefficient (Wildman–Crippen LogP) is 4.79. The Morgan fingerprint density at radius 2 is 1.82 bits per heavy atom. The maximum absolute atomic E-state index is 12.8. The summed E-state index contributed by atoms with van der Waals surface area (Å²) in [5, 5.41) is 3.08. The molecule has 2 aliphatic rings. The van der Waals surface area contributed by atoms with Crippen LogP contribution in [0.1, 0.15) is 49.8 Å². The van der Waals surface area contributed by atoms with Crippen molar-refractivity contribution in [1.82, 2.24) is 9.88 Å². The maximum atomic E-state index is 12.8. The molecule has 2 aromatic rings. The first-order valence-corrected chi connectivity index (χ1v) is 10.5. The molecule has 0 radical (unpaired) electrons. The van der Waals surface area contributed by atoms with Crippen LogP contribution in [-0.2, 0) is 0 Å². The third-order valence-corrected chi connectivity index (χ3v) is 6.07. The van der Waals surface area contributed by atoms with Crippen LogP contribution in [0.15, 0.2) is 42.5 Å². The summed E-state index contributed by atoms with van der Waals surface area (Å²) >= 11 is 0. The number of pyridine rings is 1. The molecule has 1 aliphatic heterocycles. The van der Waals surface area contributed by atoms with E-state index in [1.807, 2.05) is 42.2 Å². The number of benzene rings is 1. The van der Waals surface area contributed by atoms with Gasteiger partial charge < -0.3 is 15.1 Å². The Morgan fingerprint density at radius 3 is 2.50 bits per heavy atom. The summed E-state index contributed by atoms with van der Waals surface area (Å²) in [5.41, 5.74) is 3.30. The van der Waals surface area contributed by atoms with Crippen LogP contribution < -0.4 is 10.2 Å². The normalized spacial score (nSPS) is 20.4. The van der Waals surface area contributed by atoms with Gasteiger partial charge in [-0.15, -0.1) is 0 Å². The smallest absolute Gasteiger partial charge is 0.322 e. The number of anilines is 2. The number of aryl methyl sites for hydroxylation is 1. The van der Waals surface area contributed by atoms with Gasteiger partial charge >= 0.3 is 6.03 Å². The van der Waals surface area contributed by atoms with Crippen LogP contribution in [0.3, 0.4) is 0 Å². The highest BCUT2D eigenvalue weighted by Crippen LogP contribution is 2.34. The molecule has 5 heteroatoms. The molecule has 0 bridgehead atoms. The second kappa shape index (κ2) is 8.21. The van der Waals surface area contributed by atoms with E-state index in [4.69, 9.17) is 0 Å². The molecule has 1 aromatic carbocycles. The van der Waals surface area contributed by atoms with Crippen LogP contribution in [0.2, 0.25) is 0 Å². The number of aromatic nitrogens is 1. The van der Waals surface area contributed by atoms with Gasteiger partial charge in [-0.05, 0) is 62.4 Å². The van der Waals surface area contributed by atoms with Crippen molar-refractivity contribution >= 4 is 17.5 Å². The van der Waals surface area contributed by atoms with Gasteiger partial charge in [0.05, 0.1) is 0 Å². The summed E-state index contributed by atoms with van der Waals surface area (Å²) in [7, 11) is 0. The highest BCUT2D eigenvalue weighted by Gasteiger charge is 2.28. The summed E-state index contributed by atoms with van der Waals surface area (Å²) < 4.78 is 0. The molecule has 0 unspecified atom stereocenters. The largest absolute Gasteiger partial charge is 0.353 e. The molecule has 148 valence electrons. The standard InChI is InChI=1S/C23H30N4O/c1-17-6-5-9-22(24-17)26-14-15-27(18(2)16-26)23(28)25-21-12-10-20(11-13-21)19-7-3-4-8-19/h5-6,9-13,18-19H,3-4,7-8,14-16H2,1-2H3,(H,25,28)/t18-/m1/s1. The van der Waals surface area contributed by atoms with E-state index in [1.165, 1.54) is 31.2 Å². The highest BCUT2D eigenvalue weighted by molar-refractivity contribution is 5.89. The van der Waals surface area contributed by atoms with Crippen molar-refractivity contribution in [2.45, 2.75) is 51.5 Å². The monoisotopic (exact) mass is 378 g/mol. The van der Waals surface area contributed by atoms with Crippen LogP contribution in [0.5, 0.6) is 0 Å². The minimum atomic E-state index is -0.0158. The summed E-state index contributed by atoms with van der Waals surface area (Å²) in [6.45, 7) is 6.40. The molecular formula is C23H30N4O. The molecular weight excluding hydrogens is 348 g/mol. The number of nitrogens with one attached hydrogen (secondary N) is 1. The number of hydrogen-bond donors (Lipinski definition) is 1. The quantitative estimate of drug-likeness (QED) is 0.835. The average Bonchev–Trinajstić information content (AvgIpc) is 3.23. The van der Waals surface area contributed by atoms with E-state index in [2.05, 4.69) is 34.3 Å². The number of carbonyl (C=O) groups is 1. The van der Waals surface area contributed by atoms with Gasteiger partial charge in [-0.25, -0.2) is 9.78 Å². The van der Waals surface area contributed by atoms with Crippen molar-refractivity contribution in [3.63, 3.8) is 0 Å². The zero-order valence-corrected chi connectivity index (χ0v) is 16.9. The Kier molecular flexibility index (Phi) is 5.51. The Labute approximate surface area is 167 Å². The molecule has 1 saturated heterocycles. The average molecular weight is 379 g/mol. The number of carbonyl (C=O) groups excluding carboxylic acids is 1. The molecule has 5 nitrogen and oxygen atoms in total. The molecule has 1 aliphatic carbocycles. The van der Waals surface area contributed by atoms with Gasteiger partial charge in [0.1, 0.15) is 5.82 Å². The molecule has 2 fully saturated rings. The molecule has 2 heterocycles. The first-order valence-electron chi connectivity index (χ1n) is 10.5. The van der Waals surface area contributed by atoms with Gasteiger partial charge in [0, 0.05) is 37.1 Å². The SMILES string of the molecule is Cc1cccc(N2CCN(C(=O)Nc3ccc(C4CCCC4)cc3)[C@H](C)C2)n1. The van der Waals surface area contributed by atoms with E-state index in [0.717, 1.165) is 30.3 Å². The predicted molar refractivity (Wildman–Crippen MR) is 114 cm³/mol. The third-order valence-electron chi connectivity index (χ3n) is 6.07. The van der Waals surface area contributed by atoms with Crippen molar-refractivity contribution in [2.75, 3.05) is 29.9 Å². The Hall–Kier alpha value is -2.56. The molecule has 2 amide bonds. The number of urea groups is 1. The first kappa shape index (κ1) is 18.8. The van der Waals surface area contributed by atoms with Gasteiger partial charge in [-0.3, -0.25) is 0 Å². The topological polar surface area (TPSA) is 48.5 Å². The molecule has 1 atom stereocenters. The second-order valence-electron chi connectivity index (χ2n) is 8.16. The van der Waals surface area contributed by atoms with Gasteiger partial charge in [-0.2, -0.15) is 0 Å². The molecule has 1 aromatic heterocycles. The summed E-state index contributed by atoms with van der Waals surface area (Å²) in [4.78, 5) is 21.6. The Bertz CT molecular complexity index is 814. The minimum absolute atomic E-state index is 0.0158. The molecule has 0 spiro atoms. The molecule has 1 saturated carbocycles. The number of piperazine rings is 1. The number of amides is 2. The lowest BCUT2D eigenvalue weighted by Crippen LogP contribution is -2.55. The fraction of sp³-hybridized carbons (Fsp3) is 0.478. The van der Waals surface area contributed by atoms with Crippen LogP contribution in [0.25, 0.3) is 0 Å². The van der Waals surface area contributed by atoms with E-state index in [9.17, 15) is 4.79 Å². The van der Waals surface area contributed by atoms with E-state index in [-0.39, 0.29) is 12.1 Å². The number of nitrogens with zero attached hydrogens (tertiary/aromatic N) is 3. The van der Waals surface area contributed by atoms with Crippen LogP contribution >= 0.6 is 0 Å². The zero-order chi connectivity index (χ0) is 19.5. The zero-order valence-electron chi connectivity index (χ0n) is 16.9. The molecule has 4 rings (SSSR count). The number of hydrogen-bond acceptors (Lipinski definition) is 3. The fourth-order valence-corrected chi connectivity index (χ4v) is 4.47. The fourth-order valence-electron chi connectivity index (χ4n) is 4.47. The third kappa shape index (κ3) is 4.13. The van der Waals surface area contributed by atoms with Gasteiger partial charge in [0.25, 0.3) is 0 Å². The maximum Gasteiger partial charge on any atom is 0.322 e. The lowest BCUT2D eigenvalue weighted by atomic mass is 9.98. The lowest BCUT2D eigenvalue weighted by Gasteiger charge is -2.40. The summed E-state index contributed by atoms with van der Waals surface area (Å²) in [6, 6.07) is 14.7. The van der Waals surface area contributed by atoms with E-state index >= 15 is 0 Å². The van der Waals surface area contributed by atoms with Gasteiger partial charge in [0.15, 0.2) is 0 Å². The molecule has 28 heavy (non-hydrogen) atoms. The van der Waals surface area contributed by atoms with E-state index in [0.29, 0.717) is 12.5 Å². The van der Waals surface area contributed by atoms with Gasteiger partial charge in [-0.1, -0.05) is 31.0 Å². The van der Waals surface area contributed by atoms with E-state index < -0.39 is 0 Å². The van der Waals surface area contributed by atoms with Crippen molar-refractivity contribution in [1.29, 1.82) is 0 Å². The van der Waals surface area contributed by atoms with Crippen LogP contribution in [-0.4, -0.2) is 41.6 Å². The van der Waals surface area contributed by atoms with Crippen molar-refractivity contribution in [3.8, 4) is 0 Å². The number of rotatable bonds is 3. The van der Waals surface area contributed by atoms with E-state index in [1.54, 1.807) is 0 Å². The van der Waals surface area contributed by atoms with Crippen LogP contribution in [0.4, 0.5) is 16.3 Å². The highest BCUT2D eigenvalue weighted by atomic mass is 16.2. The summed E-state index contributed by atoms with van der Waals surface area (Å²) in [6.07, 6.45) is 5.27.